The number of amides is 1. The van der Waals surface area contributed by atoms with Crippen LogP contribution in [0.25, 0.3) is 0 Å². The fraction of sp³-hybridized carbons (Fsp3) is 0.600. The SMILES string of the molecule is O=C(CN1CCC[C@@H]1C(=O)O)N[C@@H](c1ccccc1)C1CCCCC1. The molecule has 1 aromatic carbocycles. The first-order chi connectivity index (χ1) is 12.1. The van der Waals surface area contributed by atoms with Crippen molar-refractivity contribution in [1.29, 1.82) is 0 Å². The zero-order valence-electron chi connectivity index (χ0n) is 14.7. The average Bonchev–Trinajstić information content (AvgIpc) is 3.09. The molecule has 2 aliphatic rings. The summed E-state index contributed by atoms with van der Waals surface area (Å²) in [6, 6.07) is 9.68. The first kappa shape index (κ1) is 17.9. The molecule has 0 aromatic heterocycles. The van der Waals surface area contributed by atoms with E-state index in [1.54, 1.807) is 4.90 Å². The predicted molar refractivity (Wildman–Crippen MR) is 96.1 cm³/mol. The summed E-state index contributed by atoms with van der Waals surface area (Å²) in [7, 11) is 0. The number of carboxylic acids is 1. The van der Waals surface area contributed by atoms with Crippen LogP contribution in [-0.2, 0) is 9.59 Å². The third kappa shape index (κ3) is 4.60. The molecular formula is C20H28N2O3. The Hall–Kier alpha value is -1.88. The van der Waals surface area contributed by atoms with Crippen molar-refractivity contribution < 1.29 is 14.7 Å². The number of carbonyl (C=O) groups is 2. The highest BCUT2D eigenvalue weighted by atomic mass is 16.4. The number of hydrogen-bond donors (Lipinski definition) is 2. The van der Waals surface area contributed by atoms with Gasteiger partial charge in [0.25, 0.3) is 0 Å². The molecule has 25 heavy (non-hydrogen) atoms. The summed E-state index contributed by atoms with van der Waals surface area (Å²) >= 11 is 0. The van der Waals surface area contributed by atoms with Gasteiger partial charge in [0.2, 0.25) is 5.91 Å². The smallest absolute Gasteiger partial charge is 0.320 e. The number of nitrogens with zero attached hydrogens (tertiary/aromatic N) is 1. The maximum Gasteiger partial charge on any atom is 0.320 e. The molecule has 3 rings (SSSR count). The Morgan fingerprint density at radius 3 is 2.48 bits per heavy atom. The Bertz CT molecular complexity index is 584. The molecule has 1 heterocycles. The Morgan fingerprint density at radius 1 is 1.08 bits per heavy atom. The molecule has 0 spiro atoms. The van der Waals surface area contributed by atoms with Gasteiger partial charge in [-0.05, 0) is 43.7 Å². The van der Waals surface area contributed by atoms with E-state index in [-0.39, 0.29) is 18.5 Å². The van der Waals surface area contributed by atoms with Crippen molar-refractivity contribution in [2.75, 3.05) is 13.1 Å². The predicted octanol–water partition coefficient (Wildman–Crippen LogP) is 2.97. The largest absolute Gasteiger partial charge is 0.480 e. The molecule has 136 valence electrons. The van der Waals surface area contributed by atoms with Gasteiger partial charge in [0, 0.05) is 0 Å². The summed E-state index contributed by atoms with van der Waals surface area (Å²) in [6.45, 7) is 0.858. The normalized spacial score (nSPS) is 23.3. The van der Waals surface area contributed by atoms with Gasteiger partial charge in [-0.1, -0.05) is 49.6 Å². The molecule has 2 N–H and O–H groups in total. The molecule has 2 atom stereocenters. The molecule has 5 heteroatoms. The Labute approximate surface area is 149 Å². The van der Waals surface area contributed by atoms with E-state index in [4.69, 9.17) is 0 Å². The molecule has 5 nitrogen and oxygen atoms in total. The molecule has 1 saturated heterocycles. The number of aliphatic carboxylic acids is 1. The maximum atomic E-state index is 12.6. The molecular weight excluding hydrogens is 316 g/mol. The third-order valence-corrected chi connectivity index (χ3v) is 5.59. The van der Waals surface area contributed by atoms with E-state index in [1.807, 2.05) is 18.2 Å². The van der Waals surface area contributed by atoms with Crippen molar-refractivity contribution in [1.82, 2.24) is 10.2 Å². The molecule has 0 radical (unpaired) electrons. The minimum Gasteiger partial charge on any atom is -0.480 e. The van der Waals surface area contributed by atoms with E-state index in [0.29, 0.717) is 18.9 Å². The van der Waals surface area contributed by atoms with Crippen molar-refractivity contribution in [2.24, 2.45) is 5.92 Å². The Morgan fingerprint density at radius 2 is 1.80 bits per heavy atom. The van der Waals surface area contributed by atoms with E-state index in [0.717, 1.165) is 24.8 Å². The van der Waals surface area contributed by atoms with E-state index >= 15 is 0 Å². The van der Waals surface area contributed by atoms with Crippen LogP contribution in [0.4, 0.5) is 0 Å². The lowest BCUT2D eigenvalue weighted by Gasteiger charge is -2.32. The lowest BCUT2D eigenvalue weighted by atomic mass is 9.81. The van der Waals surface area contributed by atoms with Crippen molar-refractivity contribution in [3.63, 3.8) is 0 Å². The number of benzene rings is 1. The van der Waals surface area contributed by atoms with E-state index < -0.39 is 12.0 Å². The van der Waals surface area contributed by atoms with Crippen LogP contribution >= 0.6 is 0 Å². The summed E-state index contributed by atoms with van der Waals surface area (Å²) in [5.74, 6) is -0.418. The van der Waals surface area contributed by atoms with Crippen molar-refractivity contribution in [3.05, 3.63) is 35.9 Å². The van der Waals surface area contributed by atoms with Crippen molar-refractivity contribution >= 4 is 11.9 Å². The van der Waals surface area contributed by atoms with Crippen LogP contribution in [0.5, 0.6) is 0 Å². The molecule has 1 aromatic rings. The van der Waals surface area contributed by atoms with Crippen molar-refractivity contribution in [2.45, 2.75) is 57.0 Å². The Kier molecular flexibility index (Phi) is 6.08. The van der Waals surface area contributed by atoms with Gasteiger partial charge in [-0.2, -0.15) is 0 Å². The van der Waals surface area contributed by atoms with Crippen molar-refractivity contribution in [3.8, 4) is 0 Å². The topological polar surface area (TPSA) is 69.6 Å². The van der Waals surface area contributed by atoms with Gasteiger partial charge in [-0.25, -0.2) is 0 Å². The van der Waals surface area contributed by atoms with Gasteiger partial charge >= 0.3 is 5.97 Å². The molecule has 2 fully saturated rings. The number of nitrogens with one attached hydrogen (secondary N) is 1. The monoisotopic (exact) mass is 344 g/mol. The van der Waals surface area contributed by atoms with Gasteiger partial charge in [0.1, 0.15) is 6.04 Å². The van der Waals surface area contributed by atoms with Crippen LogP contribution in [0.3, 0.4) is 0 Å². The summed E-state index contributed by atoms with van der Waals surface area (Å²) in [6.07, 6.45) is 7.47. The van der Waals surface area contributed by atoms with Crippen LogP contribution in [0.15, 0.2) is 30.3 Å². The van der Waals surface area contributed by atoms with Gasteiger partial charge in [0.05, 0.1) is 12.6 Å². The molecule has 0 bridgehead atoms. The molecule has 1 aliphatic carbocycles. The number of carboxylic acid groups (broad SMARTS) is 1. The first-order valence-electron chi connectivity index (χ1n) is 9.46. The van der Waals surface area contributed by atoms with Crippen LogP contribution in [0, 0.1) is 5.92 Å². The van der Waals surface area contributed by atoms with Crippen LogP contribution < -0.4 is 5.32 Å². The van der Waals surface area contributed by atoms with E-state index in [9.17, 15) is 14.7 Å². The summed E-state index contributed by atoms with van der Waals surface area (Å²) in [5, 5.41) is 12.5. The van der Waals surface area contributed by atoms with Gasteiger partial charge in [-0.15, -0.1) is 0 Å². The number of rotatable bonds is 6. The van der Waals surface area contributed by atoms with Crippen LogP contribution in [0.2, 0.25) is 0 Å². The maximum absolute atomic E-state index is 12.6. The van der Waals surface area contributed by atoms with E-state index in [2.05, 4.69) is 17.4 Å². The zero-order valence-corrected chi connectivity index (χ0v) is 14.7. The Balaban J connectivity index is 1.67. The van der Waals surface area contributed by atoms with Crippen LogP contribution in [-0.4, -0.2) is 41.0 Å². The highest BCUT2D eigenvalue weighted by Gasteiger charge is 2.33. The highest BCUT2D eigenvalue weighted by Crippen LogP contribution is 2.34. The molecule has 1 amide bonds. The average molecular weight is 344 g/mol. The number of likely N-dealkylation sites (tertiary alicyclic amines) is 1. The third-order valence-electron chi connectivity index (χ3n) is 5.59. The van der Waals surface area contributed by atoms with Crippen LogP contribution in [0.1, 0.15) is 56.6 Å². The quantitative estimate of drug-likeness (QED) is 0.832. The summed E-state index contributed by atoms with van der Waals surface area (Å²) in [4.78, 5) is 25.8. The number of hydrogen-bond acceptors (Lipinski definition) is 3. The minimum atomic E-state index is -0.822. The summed E-state index contributed by atoms with van der Waals surface area (Å²) < 4.78 is 0. The van der Waals surface area contributed by atoms with E-state index in [1.165, 1.54) is 19.3 Å². The second-order valence-corrected chi connectivity index (χ2v) is 7.32. The lowest BCUT2D eigenvalue weighted by Crippen LogP contribution is -2.45. The molecule has 0 unspecified atom stereocenters. The fourth-order valence-corrected chi connectivity index (χ4v) is 4.30. The van der Waals surface area contributed by atoms with Gasteiger partial charge in [0.15, 0.2) is 0 Å². The highest BCUT2D eigenvalue weighted by molar-refractivity contribution is 5.80. The molecule has 1 aliphatic heterocycles. The zero-order chi connectivity index (χ0) is 17.6. The number of carbonyl (C=O) groups excluding carboxylic acids is 1. The summed E-state index contributed by atoms with van der Waals surface area (Å²) in [5.41, 5.74) is 1.15. The standard InChI is InChI=1S/C20H28N2O3/c23-18(14-22-13-7-12-17(22)20(24)25)21-19(15-8-3-1-4-9-15)16-10-5-2-6-11-16/h1,3-4,8-9,16-17,19H,2,5-7,10-14H2,(H,21,23)(H,24,25)/t17-,19+/m1/s1. The first-order valence-corrected chi connectivity index (χ1v) is 9.46. The minimum absolute atomic E-state index is 0.0277. The van der Waals surface area contributed by atoms with Gasteiger partial charge in [-0.3, -0.25) is 14.5 Å². The fourth-order valence-electron chi connectivity index (χ4n) is 4.30. The van der Waals surface area contributed by atoms with Gasteiger partial charge < -0.3 is 10.4 Å². The lowest BCUT2D eigenvalue weighted by molar-refractivity contribution is -0.142. The molecule has 1 saturated carbocycles. The second kappa shape index (κ2) is 8.48. The second-order valence-electron chi connectivity index (χ2n) is 7.32.